The van der Waals surface area contributed by atoms with Crippen molar-refractivity contribution in [2.75, 3.05) is 13.1 Å². The van der Waals surface area contributed by atoms with Gasteiger partial charge in [0.15, 0.2) is 5.82 Å². The first-order chi connectivity index (χ1) is 9.77. The normalized spacial score (nSPS) is 19.4. The second-order valence-corrected chi connectivity index (χ2v) is 5.62. The van der Waals surface area contributed by atoms with E-state index >= 15 is 0 Å². The number of rotatable bonds is 3. The van der Waals surface area contributed by atoms with Gasteiger partial charge in [0.2, 0.25) is 0 Å². The van der Waals surface area contributed by atoms with Gasteiger partial charge in [-0.15, -0.1) is 0 Å². The van der Waals surface area contributed by atoms with Gasteiger partial charge >= 0.3 is 0 Å². The molecule has 0 bridgehead atoms. The molecule has 2 aromatic heterocycles. The monoisotopic (exact) mass is 271 g/mol. The Morgan fingerprint density at radius 1 is 1.20 bits per heavy atom. The van der Waals surface area contributed by atoms with Gasteiger partial charge in [-0.25, -0.2) is 9.97 Å². The van der Waals surface area contributed by atoms with Crippen LogP contribution >= 0.6 is 0 Å². The van der Waals surface area contributed by atoms with Crippen LogP contribution in [-0.4, -0.2) is 32.6 Å². The number of nitrogens with one attached hydrogen (secondary N) is 1. The Morgan fingerprint density at radius 2 is 2.05 bits per heavy atom. The molecule has 2 aromatic rings. The highest BCUT2D eigenvalue weighted by molar-refractivity contribution is 5.33. The average Bonchev–Trinajstić information content (AvgIpc) is 2.98. The lowest BCUT2D eigenvalue weighted by Gasteiger charge is -2.24. The smallest absolute Gasteiger partial charge is 0.160 e. The van der Waals surface area contributed by atoms with E-state index in [9.17, 15) is 0 Å². The van der Waals surface area contributed by atoms with E-state index in [0.717, 1.165) is 30.4 Å². The Hall–Kier alpha value is -1.75. The third-order valence-electron chi connectivity index (χ3n) is 3.80. The Labute approximate surface area is 119 Å². The molecule has 1 saturated heterocycles. The first kappa shape index (κ1) is 13.2. The average molecular weight is 271 g/mol. The summed E-state index contributed by atoms with van der Waals surface area (Å²) in [6.45, 7) is 6.39. The topological polar surface area (TPSA) is 55.6 Å². The summed E-state index contributed by atoms with van der Waals surface area (Å²) in [5.74, 6) is 2.78. The minimum Gasteiger partial charge on any atom is -0.316 e. The second-order valence-electron chi connectivity index (χ2n) is 5.62. The van der Waals surface area contributed by atoms with Crippen LogP contribution in [0.25, 0.3) is 5.82 Å². The summed E-state index contributed by atoms with van der Waals surface area (Å²) in [7, 11) is 0. The Balaban J connectivity index is 2.02. The quantitative estimate of drug-likeness (QED) is 0.930. The van der Waals surface area contributed by atoms with Crippen molar-refractivity contribution in [3.05, 3.63) is 36.3 Å². The minimum absolute atomic E-state index is 0.365. The number of hydrogen-bond acceptors (Lipinski definition) is 4. The molecule has 3 rings (SSSR count). The summed E-state index contributed by atoms with van der Waals surface area (Å²) in [6.07, 6.45) is 9.75. The predicted octanol–water partition coefficient (Wildman–Crippen LogP) is 2.25. The first-order valence-corrected chi connectivity index (χ1v) is 7.32. The Kier molecular flexibility index (Phi) is 3.78. The number of imidazole rings is 1. The maximum absolute atomic E-state index is 4.61. The largest absolute Gasteiger partial charge is 0.316 e. The molecule has 0 amide bonds. The molecule has 20 heavy (non-hydrogen) atoms. The second kappa shape index (κ2) is 5.71. The molecule has 0 spiro atoms. The van der Waals surface area contributed by atoms with Gasteiger partial charge in [0.25, 0.3) is 0 Å². The van der Waals surface area contributed by atoms with E-state index in [0.29, 0.717) is 11.8 Å². The molecule has 106 valence electrons. The molecule has 1 aliphatic heterocycles. The number of hydrogen-bond donors (Lipinski definition) is 1. The fraction of sp³-hybridized carbons (Fsp3) is 0.533. The lowest BCUT2D eigenvalue weighted by molar-refractivity contribution is 0.452. The highest BCUT2D eigenvalue weighted by Crippen LogP contribution is 2.27. The number of nitrogens with zero attached hydrogens (tertiary/aromatic N) is 4. The van der Waals surface area contributed by atoms with Crippen molar-refractivity contribution in [1.82, 2.24) is 24.8 Å². The zero-order valence-corrected chi connectivity index (χ0v) is 12.1. The van der Waals surface area contributed by atoms with Crippen LogP contribution in [-0.2, 0) is 0 Å². The maximum atomic E-state index is 4.61. The highest BCUT2D eigenvalue weighted by atomic mass is 15.1. The molecule has 1 N–H and O–H groups in total. The molecule has 0 aromatic carbocycles. The summed E-state index contributed by atoms with van der Waals surface area (Å²) in [5.41, 5.74) is 1.08. The summed E-state index contributed by atoms with van der Waals surface area (Å²) < 4.78 is 2.08. The molecule has 1 atom stereocenters. The lowest BCUT2D eigenvalue weighted by Crippen LogP contribution is -2.29. The fourth-order valence-corrected chi connectivity index (χ4v) is 2.82. The molecular weight excluding hydrogens is 250 g/mol. The van der Waals surface area contributed by atoms with Gasteiger partial charge < -0.3 is 5.32 Å². The third-order valence-corrected chi connectivity index (χ3v) is 3.80. The van der Waals surface area contributed by atoms with Crippen molar-refractivity contribution >= 4 is 0 Å². The molecule has 0 radical (unpaired) electrons. The Bertz CT molecular complexity index is 569. The van der Waals surface area contributed by atoms with E-state index < -0.39 is 0 Å². The molecule has 1 aliphatic rings. The fourth-order valence-electron chi connectivity index (χ4n) is 2.82. The van der Waals surface area contributed by atoms with Crippen molar-refractivity contribution in [3.8, 4) is 5.82 Å². The van der Waals surface area contributed by atoms with E-state index in [1.807, 2.05) is 12.4 Å². The number of aromatic nitrogens is 4. The van der Waals surface area contributed by atoms with Crippen molar-refractivity contribution in [2.45, 2.75) is 38.5 Å². The van der Waals surface area contributed by atoms with E-state index in [4.69, 9.17) is 0 Å². The molecule has 3 heterocycles. The molecular formula is C15H21N5. The van der Waals surface area contributed by atoms with E-state index in [1.54, 1.807) is 12.4 Å². The SMILES string of the molecule is CC(C)c1nccn1-c1nccnc1[C@H]1CCCNC1. The van der Waals surface area contributed by atoms with Gasteiger partial charge in [-0.1, -0.05) is 13.8 Å². The summed E-state index contributed by atoms with van der Waals surface area (Å²) in [6, 6.07) is 0. The van der Waals surface area contributed by atoms with Crippen molar-refractivity contribution in [2.24, 2.45) is 0 Å². The standard InChI is InChI=1S/C15H21N5/c1-11(2)14-19-8-9-20(14)15-13(17-6-7-18-15)12-4-3-5-16-10-12/h6-9,11-12,16H,3-5,10H2,1-2H3/t12-/m0/s1. The van der Waals surface area contributed by atoms with E-state index in [2.05, 4.69) is 38.7 Å². The number of piperidine rings is 1. The van der Waals surface area contributed by atoms with Gasteiger partial charge in [0.05, 0.1) is 5.69 Å². The van der Waals surface area contributed by atoms with Gasteiger partial charge in [0.1, 0.15) is 5.82 Å². The van der Waals surface area contributed by atoms with Gasteiger partial charge in [0, 0.05) is 43.2 Å². The van der Waals surface area contributed by atoms with Crippen LogP contribution in [0.5, 0.6) is 0 Å². The van der Waals surface area contributed by atoms with Crippen LogP contribution in [0, 0.1) is 0 Å². The lowest BCUT2D eigenvalue weighted by atomic mass is 9.95. The molecule has 5 heteroatoms. The van der Waals surface area contributed by atoms with Crippen molar-refractivity contribution in [1.29, 1.82) is 0 Å². The van der Waals surface area contributed by atoms with Crippen LogP contribution < -0.4 is 5.32 Å². The van der Waals surface area contributed by atoms with E-state index in [-0.39, 0.29) is 0 Å². The van der Waals surface area contributed by atoms with Crippen LogP contribution in [0.15, 0.2) is 24.8 Å². The zero-order chi connectivity index (χ0) is 13.9. The Morgan fingerprint density at radius 3 is 2.80 bits per heavy atom. The summed E-state index contributed by atoms with van der Waals surface area (Å²) >= 11 is 0. The predicted molar refractivity (Wildman–Crippen MR) is 78.1 cm³/mol. The van der Waals surface area contributed by atoms with Gasteiger partial charge in [-0.2, -0.15) is 0 Å². The molecule has 1 fully saturated rings. The van der Waals surface area contributed by atoms with Crippen molar-refractivity contribution < 1.29 is 0 Å². The molecule has 0 unspecified atom stereocenters. The van der Waals surface area contributed by atoms with Crippen LogP contribution in [0.1, 0.15) is 50.0 Å². The first-order valence-electron chi connectivity index (χ1n) is 7.32. The summed E-state index contributed by atoms with van der Waals surface area (Å²) in [4.78, 5) is 13.6. The van der Waals surface area contributed by atoms with Crippen LogP contribution in [0.3, 0.4) is 0 Å². The summed E-state index contributed by atoms with van der Waals surface area (Å²) in [5, 5.41) is 3.45. The van der Waals surface area contributed by atoms with Crippen LogP contribution in [0.2, 0.25) is 0 Å². The van der Waals surface area contributed by atoms with Crippen LogP contribution in [0.4, 0.5) is 0 Å². The zero-order valence-electron chi connectivity index (χ0n) is 12.1. The van der Waals surface area contributed by atoms with Crippen molar-refractivity contribution in [3.63, 3.8) is 0 Å². The van der Waals surface area contributed by atoms with E-state index in [1.165, 1.54) is 12.8 Å². The van der Waals surface area contributed by atoms with Gasteiger partial charge in [-0.05, 0) is 19.4 Å². The highest BCUT2D eigenvalue weighted by Gasteiger charge is 2.22. The maximum Gasteiger partial charge on any atom is 0.160 e. The minimum atomic E-state index is 0.365. The molecule has 0 saturated carbocycles. The molecule has 5 nitrogen and oxygen atoms in total. The third kappa shape index (κ3) is 2.45. The molecule has 0 aliphatic carbocycles. The van der Waals surface area contributed by atoms with Gasteiger partial charge in [-0.3, -0.25) is 9.55 Å².